The van der Waals surface area contributed by atoms with Crippen molar-refractivity contribution in [1.82, 2.24) is 15.0 Å². The standard InChI is InChI=1S/C53H32N4O2/c1-2-8-36-29-37(14-13-33(36)7-1)38-21-27-44-39(30-38)15-16-40-31-43(26-28-45(40)44)57(42-24-19-35(20-25-42)52-56-47-10-4-6-12-49(47)59-52)41-22-17-34(18-23-41)51-50-46-9-3-5-11-48(46)58-53(50)55-32-54-51/h1-32H. The lowest BCUT2D eigenvalue weighted by Gasteiger charge is -2.26. The molecule has 0 aliphatic rings. The molecule has 0 bridgehead atoms. The number of fused-ring (bicyclic) bond motifs is 8. The molecule has 0 saturated carbocycles. The van der Waals surface area contributed by atoms with E-state index in [1.165, 1.54) is 38.1 Å². The average molecular weight is 757 g/mol. The lowest BCUT2D eigenvalue weighted by molar-refractivity contribution is 0.620. The number of hydrogen-bond donors (Lipinski definition) is 0. The molecule has 3 aromatic heterocycles. The summed E-state index contributed by atoms with van der Waals surface area (Å²) in [5.74, 6) is 0.595. The molecule has 0 unspecified atom stereocenters. The lowest BCUT2D eigenvalue weighted by Crippen LogP contribution is -2.10. The van der Waals surface area contributed by atoms with E-state index in [1.54, 1.807) is 6.33 Å². The van der Waals surface area contributed by atoms with Crippen molar-refractivity contribution in [3.8, 4) is 33.8 Å². The highest BCUT2D eigenvalue weighted by Crippen LogP contribution is 2.41. The van der Waals surface area contributed by atoms with Crippen molar-refractivity contribution in [3.63, 3.8) is 0 Å². The van der Waals surface area contributed by atoms with Gasteiger partial charge in [-0.1, -0.05) is 109 Å². The zero-order valence-electron chi connectivity index (χ0n) is 31.6. The van der Waals surface area contributed by atoms with Crippen molar-refractivity contribution in [3.05, 3.63) is 194 Å². The van der Waals surface area contributed by atoms with E-state index >= 15 is 0 Å². The van der Waals surface area contributed by atoms with Gasteiger partial charge in [0.2, 0.25) is 11.6 Å². The molecule has 12 rings (SSSR count). The molecule has 59 heavy (non-hydrogen) atoms. The van der Waals surface area contributed by atoms with E-state index in [0.29, 0.717) is 11.6 Å². The maximum absolute atomic E-state index is 6.12. The minimum absolute atomic E-state index is 0.578. The van der Waals surface area contributed by atoms with Gasteiger partial charge < -0.3 is 13.7 Å². The zero-order chi connectivity index (χ0) is 38.9. The first-order chi connectivity index (χ1) is 29.2. The third-order valence-corrected chi connectivity index (χ3v) is 11.4. The Morgan fingerprint density at radius 1 is 0.390 bits per heavy atom. The Hall–Kier alpha value is -8.09. The summed E-state index contributed by atoms with van der Waals surface area (Å²) in [7, 11) is 0. The first-order valence-corrected chi connectivity index (χ1v) is 19.6. The Morgan fingerprint density at radius 3 is 1.78 bits per heavy atom. The van der Waals surface area contributed by atoms with Crippen molar-refractivity contribution < 1.29 is 8.83 Å². The van der Waals surface area contributed by atoms with Gasteiger partial charge in [-0.25, -0.2) is 15.0 Å². The quantitative estimate of drug-likeness (QED) is 0.157. The molecule has 0 radical (unpaired) electrons. The zero-order valence-corrected chi connectivity index (χ0v) is 31.6. The third-order valence-electron chi connectivity index (χ3n) is 11.4. The molecule has 6 nitrogen and oxygen atoms in total. The van der Waals surface area contributed by atoms with Gasteiger partial charge in [0.15, 0.2) is 5.58 Å². The van der Waals surface area contributed by atoms with Crippen molar-refractivity contribution in [2.75, 3.05) is 4.90 Å². The summed E-state index contributed by atoms with van der Waals surface area (Å²) < 4.78 is 12.2. The summed E-state index contributed by atoms with van der Waals surface area (Å²) in [6, 6.07) is 66.0. The van der Waals surface area contributed by atoms with Crippen molar-refractivity contribution in [1.29, 1.82) is 0 Å². The lowest BCUT2D eigenvalue weighted by atomic mass is 9.96. The molecule has 3 heterocycles. The van der Waals surface area contributed by atoms with E-state index in [-0.39, 0.29) is 0 Å². The van der Waals surface area contributed by atoms with Gasteiger partial charge in [-0.2, -0.15) is 0 Å². The van der Waals surface area contributed by atoms with Gasteiger partial charge >= 0.3 is 0 Å². The van der Waals surface area contributed by atoms with E-state index in [4.69, 9.17) is 18.8 Å². The van der Waals surface area contributed by atoms with Gasteiger partial charge in [0.1, 0.15) is 17.4 Å². The van der Waals surface area contributed by atoms with Crippen LogP contribution in [-0.4, -0.2) is 15.0 Å². The molecular weight excluding hydrogens is 725 g/mol. The molecule has 0 atom stereocenters. The van der Waals surface area contributed by atoms with Gasteiger partial charge in [0.05, 0.1) is 11.1 Å². The Kier molecular flexibility index (Phi) is 7.43. The van der Waals surface area contributed by atoms with E-state index in [9.17, 15) is 0 Å². The van der Waals surface area contributed by atoms with Crippen molar-refractivity contribution in [2.24, 2.45) is 0 Å². The van der Waals surface area contributed by atoms with Gasteiger partial charge in [-0.3, -0.25) is 0 Å². The van der Waals surface area contributed by atoms with Crippen LogP contribution < -0.4 is 4.90 Å². The number of oxazole rings is 1. The van der Waals surface area contributed by atoms with Gasteiger partial charge in [0, 0.05) is 33.6 Å². The molecule has 0 aliphatic carbocycles. The molecule has 0 fully saturated rings. The molecule has 0 spiro atoms. The number of anilines is 3. The Bertz CT molecular complexity index is 3540. The number of rotatable bonds is 6. The minimum Gasteiger partial charge on any atom is -0.438 e. The SMILES string of the molecule is c1ccc2cc(-c3ccc4c(ccc5cc(N(c6ccc(-c7nc8ccccc8o7)cc6)c6ccc(-c7ncnc8oc9ccccc9c78)cc6)ccc54)c3)ccc2c1. The maximum atomic E-state index is 6.12. The summed E-state index contributed by atoms with van der Waals surface area (Å²) in [5, 5.41) is 9.20. The van der Waals surface area contributed by atoms with E-state index in [1.807, 2.05) is 42.5 Å². The van der Waals surface area contributed by atoms with Crippen LogP contribution in [0.5, 0.6) is 0 Å². The smallest absolute Gasteiger partial charge is 0.230 e. The fraction of sp³-hybridized carbons (Fsp3) is 0. The van der Waals surface area contributed by atoms with Crippen molar-refractivity contribution >= 4 is 82.5 Å². The highest BCUT2D eigenvalue weighted by Gasteiger charge is 2.18. The molecule has 0 saturated heterocycles. The Balaban J connectivity index is 0.950. The number of hydrogen-bond acceptors (Lipinski definition) is 6. The molecule has 0 N–H and O–H groups in total. The van der Waals surface area contributed by atoms with Crippen LogP contribution in [0.4, 0.5) is 17.1 Å². The summed E-state index contributed by atoms with van der Waals surface area (Å²) in [6.45, 7) is 0. The van der Waals surface area contributed by atoms with Crippen LogP contribution in [-0.2, 0) is 0 Å². The second-order valence-corrected chi connectivity index (χ2v) is 14.9. The van der Waals surface area contributed by atoms with Crippen LogP contribution in [0, 0.1) is 0 Å². The van der Waals surface area contributed by atoms with Gasteiger partial charge in [-0.15, -0.1) is 0 Å². The maximum Gasteiger partial charge on any atom is 0.230 e. The monoisotopic (exact) mass is 756 g/mol. The minimum atomic E-state index is 0.578. The normalized spacial score (nSPS) is 11.7. The van der Waals surface area contributed by atoms with E-state index in [0.717, 1.165) is 66.7 Å². The fourth-order valence-electron chi connectivity index (χ4n) is 8.49. The highest BCUT2D eigenvalue weighted by atomic mass is 16.3. The molecule has 0 amide bonds. The highest BCUT2D eigenvalue weighted by molar-refractivity contribution is 6.11. The fourth-order valence-corrected chi connectivity index (χ4v) is 8.49. The topological polar surface area (TPSA) is 68.2 Å². The predicted octanol–water partition coefficient (Wildman–Crippen LogP) is 14.4. The number of para-hydroxylation sites is 3. The van der Waals surface area contributed by atoms with Gasteiger partial charge in [-0.05, 0) is 122 Å². The largest absolute Gasteiger partial charge is 0.438 e. The second kappa shape index (κ2) is 13.3. The van der Waals surface area contributed by atoms with Crippen LogP contribution >= 0.6 is 0 Å². The molecule has 9 aromatic carbocycles. The first-order valence-electron chi connectivity index (χ1n) is 19.6. The van der Waals surface area contributed by atoms with Crippen LogP contribution in [0.2, 0.25) is 0 Å². The molecule has 0 aliphatic heterocycles. The van der Waals surface area contributed by atoms with Crippen LogP contribution in [0.25, 0.3) is 99.3 Å². The van der Waals surface area contributed by atoms with Crippen LogP contribution in [0.3, 0.4) is 0 Å². The molecular formula is C53H32N4O2. The Morgan fingerprint density at radius 2 is 0.983 bits per heavy atom. The predicted molar refractivity (Wildman–Crippen MR) is 240 cm³/mol. The Labute approximate surface area is 338 Å². The molecule has 276 valence electrons. The van der Waals surface area contributed by atoms with Gasteiger partial charge in [0.25, 0.3) is 0 Å². The first kappa shape index (κ1) is 33.1. The summed E-state index contributed by atoms with van der Waals surface area (Å²) in [5.41, 5.74) is 11.2. The third kappa shape index (κ3) is 5.61. The number of aromatic nitrogens is 3. The molecule has 6 heteroatoms. The number of furan rings is 1. The summed E-state index contributed by atoms with van der Waals surface area (Å²) in [4.78, 5) is 16.2. The number of nitrogens with zero attached hydrogens (tertiary/aromatic N) is 4. The van der Waals surface area contributed by atoms with E-state index < -0.39 is 0 Å². The summed E-state index contributed by atoms with van der Waals surface area (Å²) in [6.07, 6.45) is 1.57. The summed E-state index contributed by atoms with van der Waals surface area (Å²) >= 11 is 0. The second-order valence-electron chi connectivity index (χ2n) is 14.9. The van der Waals surface area contributed by atoms with Crippen LogP contribution in [0.15, 0.2) is 203 Å². The van der Waals surface area contributed by atoms with Crippen molar-refractivity contribution in [2.45, 2.75) is 0 Å². The average Bonchev–Trinajstić information content (AvgIpc) is 3.91. The van der Waals surface area contributed by atoms with E-state index in [2.05, 4.69) is 155 Å². The molecule has 12 aromatic rings. The number of benzene rings is 9. The van der Waals surface area contributed by atoms with Crippen LogP contribution in [0.1, 0.15) is 0 Å².